The maximum absolute atomic E-state index is 3.66. The molecule has 0 saturated heterocycles. The van der Waals surface area contributed by atoms with Crippen molar-refractivity contribution in [1.29, 1.82) is 0 Å². The van der Waals surface area contributed by atoms with Crippen LogP contribution in [0.5, 0.6) is 0 Å². The number of rotatable bonds is 10. The number of unbranched alkanes of at least 4 members (excludes halogenated alkanes) is 2. The Hall–Kier alpha value is -1.12. The van der Waals surface area contributed by atoms with Crippen molar-refractivity contribution in [3.8, 4) is 0 Å². The molecule has 1 aliphatic carbocycles. The van der Waals surface area contributed by atoms with Gasteiger partial charge in [-0.2, -0.15) is 0 Å². The molecule has 2 rings (SSSR count). The van der Waals surface area contributed by atoms with Crippen LogP contribution < -0.4 is 10.6 Å². The SMILES string of the molecule is CCCCNCC1(CNCCCC)C=Cc2ccccc21. The zero-order valence-corrected chi connectivity index (χ0v) is 13.6. The quantitative estimate of drug-likeness (QED) is 0.640. The average molecular weight is 286 g/mol. The van der Waals surface area contributed by atoms with Crippen molar-refractivity contribution in [2.75, 3.05) is 26.2 Å². The van der Waals surface area contributed by atoms with E-state index in [-0.39, 0.29) is 5.41 Å². The zero-order valence-electron chi connectivity index (χ0n) is 13.6. The predicted molar refractivity (Wildman–Crippen MR) is 92.7 cm³/mol. The van der Waals surface area contributed by atoms with Gasteiger partial charge in [0, 0.05) is 18.5 Å². The summed E-state index contributed by atoms with van der Waals surface area (Å²) in [4.78, 5) is 0. The van der Waals surface area contributed by atoms with Gasteiger partial charge in [-0.05, 0) is 37.1 Å². The number of benzene rings is 1. The summed E-state index contributed by atoms with van der Waals surface area (Å²) >= 11 is 0. The van der Waals surface area contributed by atoms with Gasteiger partial charge in [0.1, 0.15) is 0 Å². The van der Waals surface area contributed by atoms with Gasteiger partial charge in [-0.1, -0.05) is 63.1 Å². The van der Waals surface area contributed by atoms with Crippen molar-refractivity contribution in [1.82, 2.24) is 10.6 Å². The van der Waals surface area contributed by atoms with Crippen LogP contribution in [-0.4, -0.2) is 26.2 Å². The van der Waals surface area contributed by atoms with Gasteiger partial charge in [-0.15, -0.1) is 0 Å². The van der Waals surface area contributed by atoms with Crippen molar-refractivity contribution in [3.63, 3.8) is 0 Å². The minimum atomic E-state index is 0.123. The minimum absolute atomic E-state index is 0.123. The third-order valence-electron chi connectivity index (χ3n) is 4.37. The summed E-state index contributed by atoms with van der Waals surface area (Å²) in [5, 5.41) is 7.32. The molecule has 0 atom stereocenters. The van der Waals surface area contributed by atoms with E-state index in [1.54, 1.807) is 0 Å². The number of hydrogen-bond acceptors (Lipinski definition) is 2. The molecule has 0 unspecified atom stereocenters. The fourth-order valence-corrected chi connectivity index (χ4v) is 3.03. The van der Waals surface area contributed by atoms with Crippen LogP contribution in [0.1, 0.15) is 50.7 Å². The first-order valence-corrected chi connectivity index (χ1v) is 8.52. The molecule has 0 bridgehead atoms. The van der Waals surface area contributed by atoms with E-state index in [1.807, 2.05) is 0 Å². The molecule has 0 spiro atoms. The van der Waals surface area contributed by atoms with E-state index in [4.69, 9.17) is 0 Å². The molecule has 1 aliphatic rings. The lowest BCUT2D eigenvalue weighted by atomic mass is 9.82. The molecule has 2 nitrogen and oxygen atoms in total. The van der Waals surface area contributed by atoms with Crippen molar-refractivity contribution < 1.29 is 0 Å². The molecule has 0 aromatic heterocycles. The van der Waals surface area contributed by atoms with E-state index in [1.165, 1.54) is 36.8 Å². The standard InChI is InChI=1S/C19H30N2/c1-3-5-13-20-15-19(16-21-14-6-4-2)12-11-17-9-7-8-10-18(17)19/h7-12,20-21H,3-6,13-16H2,1-2H3. The normalized spacial score (nSPS) is 15.3. The molecule has 0 amide bonds. The Bertz CT molecular complexity index is 439. The van der Waals surface area contributed by atoms with E-state index < -0.39 is 0 Å². The smallest absolute Gasteiger partial charge is 0.0390 e. The van der Waals surface area contributed by atoms with Crippen molar-refractivity contribution in [2.24, 2.45) is 0 Å². The zero-order chi connectivity index (χ0) is 15.0. The minimum Gasteiger partial charge on any atom is -0.315 e. The van der Waals surface area contributed by atoms with Crippen LogP contribution in [0.3, 0.4) is 0 Å². The van der Waals surface area contributed by atoms with Crippen molar-refractivity contribution in [3.05, 3.63) is 41.5 Å². The Balaban J connectivity index is 2.03. The molecule has 21 heavy (non-hydrogen) atoms. The van der Waals surface area contributed by atoms with Crippen LogP contribution in [0.25, 0.3) is 6.08 Å². The Morgan fingerprint density at radius 3 is 2.14 bits per heavy atom. The van der Waals surface area contributed by atoms with Crippen LogP contribution >= 0.6 is 0 Å². The first kappa shape index (κ1) is 16.3. The van der Waals surface area contributed by atoms with Gasteiger partial charge in [0.05, 0.1) is 0 Å². The van der Waals surface area contributed by atoms with E-state index >= 15 is 0 Å². The topological polar surface area (TPSA) is 24.1 Å². The second-order valence-electron chi connectivity index (χ2n) is 6.14. The van der Waals surface area contributed by atoms with Crippen LogP contribution in [-0.2, 0) is 5.41 Å². The molecular weight excluding hydrogens is 256 g/mol. The highest BCUT2D eigenvalue weighted by atomic mass is 14.9. The largest absolute Gasteiger partial charge is 0.315 e. The maximum atomic E-state index is 3.66. The third kappa shape index (κ3) is 4.18. The van der Waals surface area contributed by atoms with Crippen LogP contribution in [0.15, 0.2) is 30.3 Å². The van der Waals surface area contributed by atoms with E-state index in [2.05, 4.69) is 60.9 Å². The van der Waals surface area contributed by atoms with Gasteiger partial charge < -0.3 is 10.6 Å². The van der Waals surface area contributed by atoms with Crippen molar-refractivity contribution in [2.45, 2.75) is 44.9 Å². The van der Waals surface area contributed by atoms with E-state index in [0.717, 1.165) is 26.2 Å². The summed E-state index contributed by atoms with van der Waals surface area (Å²) in [5.74, 6) is 0. The summed E-state index contributed by atoms with van der Waals surface area (Å²) in [6.45, 7) is 8.77. The third-order valence-corrected chi connectivity index (χ3v) is 4.37. The molecule has 2 heteroatoms. The van der Waals surface area contributed by atoms with Crippen molar-refractivity contribution >= 4 is 6.08 Å². The van der Waals surface area contributed by atoms with Gasteiger partial charge in [-0.3, -0.25) is 0 Å². The number of nitrogens with one attached hydrogen (secondary N) is 2. The lowest BCUT2D eigenvalue weighted by molar-refractivity contribution is 0.443. The van der Waals surface area contributed by atoms with Gasteiger partial charge in [0.15, 0.2) is 0 Å². The number of fused-ring (bicyclic) bond motifs is 1. The Morgan fingerprint density at radius 2 is 1.52 bits per heavy atom. The average Bonchev–Trinajstić information content (AvgIpc) is 2.88. The van der Waals surface area contributed by atoms with Gasteiger partial charge in [0.2, 0.25) is 0 Å². The Kier molecular flexibility index (Phi) is 6.47. The predicted octanol–water partition coefficient (Wildman–Crippen LogP) is 3.73. The number of hydrogen-bond donors (Lipinski definition) is 2. The van der Waals surface area contributed by atoms with Gasteiger partial charge >= 0.3 is 0 Å². The summed E-state index contributed by atoms with van der Waals surface area (Å²) in [7, 11) is 0. The molecule has 0 fully saturated rings. The molecule has 1 aromatic carbocycles. The van der Waals surface area contributed by atoms with Gasteiger partial charge in [0.25, 0.3) is 0 Å². The monoisotopic (exact) mass is 286 g/mol. The molecule has 1 aromatic rings. The summed E-state index contributed by atoms with van der Waals surface area (Å²) in [6, 6.07) is 8.82. The Morgan fingerprint density at radius 1 is 0.905 bits per heavy atom. The fourth-order valence-electron chi connectivity index (χ4n) is 3.03. The maximum Gasteiger partial charge on any atom is 0.0390 e. The molecule has 2 N–H and O–H groups in total. The highest BCUT2D eigenvalue weighted by Crippen LogP contribution is 2.35. The fraction of sp³-hybridized carbons (Fsp3) is 0.579. The van der Waals surface area contributed by atoms with Crippen LogP contribution in [0.4, 0.5) is 0 Å². The molecule has 0 heterocycles. The first-order chi connectivity index (χ1) is 10.3. The molecule has 0 aliphatic heterocycles. The highest BCUT2D eigenvalue weighted by molar-refractivity contribution is 5.65. The molecule has 0 saturated carbocycles. The molecule has 0 radical (unpaired) electrons. The van der Waals surface area contributed by atoms with Crippen LogP contribution in [0, 0.1) is 0 Å². The molecule has 116 valence electrons. The second kappa shape index (κ2) is 8.35. The summed E-state index contributed by atoms with van der Waals surface area (Å²) < 4.78 is 0. The highest BCUT2D eigenvalue weighted by Gasteiger charge is 2.33. The summed E-state index contributed by atoms with van der Waals surface area (Å²) in [5.41, 5.74) is 2.98. The Labute approximate surface area is 130 Å². The van der Waals surface area contributed by atoms with Crippen LogP contribution in [0.2, 0.25) is 0 Å². The summed E-state index contributed by atoms with van der Waals surface area (Å²) in [6.07, 6.45) is 9.70. The molecular formula is C19H30N2. The van der Waals surface area contributed by atoms with Gasteiger partial charge in [-0.25, -0.2) is 0 Å². The lowest BCUT2D eigenvalue weighted by Crippen LogP contribution is -2.44. The van der Waals surface area contributed by atoms with E-state index in [9.17, 15) is 0 Å². The van der Waals surface area contributed by atoms with E-state index in [0.29, 0.717) is 0 Å². The first-order valence-electron chi connectivity index (χ1n) is 8.52. The lowest BCUT2D eigenvalue weighted by Gasteiger charge is -2.30. The second-order valence-corrected chi connectivity index (χ2v) is 6.14.